The van der Waals surface area contributed by atoms with Gasteiger partial charge in [-0.3, -0.25) is 19.7 Å². The topological polar surface area (TPSA) is 160 Å². The quantitative estimate of drug-likeness (QED) is 0.0135. The Balaban J connectivity index is 0.00000676. The van der Waals surface area contributed by atoms with Crippen molar-refractivity contribution in [3.63, 3.8) is 0 Å². The number of hydrogen-bond acceptors (Lipinski definition) is 12. The van der Waals surface area contributed by atoms with Gasteiger partial charge in [0.1, 0.15) is 12.0 Å². The second-order valence-corrected chi connectivity index (χ2v) is 22.0. The number of hydrogen-bond donors (Lipinski definition) is 0. The number of nitrogens with zero attached hydrogens (tertiary/aromatic N) is 6. The molecule has 1 amide bonds. The van der Waals surface area contributed by atoms with Crippen LogP contribution in [0.3, 0.4) is 0 Å². The van der Waals surface area contributed by atoms with E-state index in [1.54, 1.807) is 7.05 Å². The number of thioether (sulfide) groups is 1. The van der Waals surface area contributed by atoms with Crippen LogP contribution in [0.2, 0.25) is 0 Å². The van der Waals surface area contributed by atoms with Crippen molar-refractivity contribution in [2.45, 2.75) is 28.6 Å². The fraction of sp³-hybridized carbons (Fsp3) is 0.130. The first kappa shape index (κ1) is 50.5. The average molecular weight is 1090 g/mol. The zero-order valence-corrected chi connectivity index (χ0v) is 42.1. The minimum atomic E-state index is -3.61. The molecule has 1 saturated heterocycles. The number of esters is 2. The summed E-state index contributed by atoms with van der Waals surface area (Å²) in [5.41, 5.74) is 2.72. The molecule has 1 aliphatic rings. The van der Waals surface area contributed by atoms with E-state index in [2.05, 4.69) is 15.5 Å². The summed E-state index contributed by atoms with van der Waals surface area (Å²) in [6.07, 6.45) is -1.44. The number of tetrazole rings is 1. The Labute approximate surface area is 435 Å². The molecule has 8 aromatic rings. The average Bonchev–Trinajstić information content (AvgIpc) is 3.84. The van der Waals surface area contributed by atoms with Crippen LogP contribution in [0, 0.1) is 16.0 Å². The fourth-order valence-electron chi connectivity index (χ4n) is 9.12. The number of nitro groups is 1. The van der Waals surface area contributed by atoms with Crippen molar-refractivity contribution in [3.05, 3.63) is 244 Å². The molecule has 0 saturated carbocycles. The number of amides is 1. The summed E-state index contributed by atoms with van der Waals surface area (Å²) < 4.78 is 10.7. The molecule has 0 aliphatic carbocycles. The summed E-state index contributed by atoms with van der Waals surface area (Å²) in [7, 11) is 1.58. The molecule has 1 aromatic heterocycles. The zero-order valence-electron chi connectivity index (χ0n) is 38.1. The SMILES string of the molecule is CC(=O)OC(c1nnnn1C)C1C(=O)N(C(C(=O)OCc2ccc([N+](=O)[O-])cc2)=P(c2ccccc2)(c2ccccc2)c2ccccc2)C1([S-])SC(c1ccccc1)(c1ccccc1)c1ccccc1.[Ag+]. The number of rotatable bonds is 16. The summed E-state index contributed by atoms with van der Waals surface area (Å²) in [5, 5.41) is 26.0. The molecule has 3 unspecified atom stereocenters. The second kappa shape index (κ2) is 21.7. The molecule has 1 fully saturated rings. The predicted octanol–water partition coefficient (Wildman–Crippen LogP) is 7.97. The van der Waals surface area contributed by atoms with Gasteiger partial charge in [0.05, 0.1) is 15.6 Å². The van der Waals surface area contributed by atoms with Crippen LogP contribution in [0.15, 0.2) is 206 Å². The van der Waals surface area contributed by atoms with Crippen molar-refractivity contribution in [3.8, 4) is 0 Å². The van der Waals surface area contributed by atoms with E-state index in [9.17, 15) is 14.9 Å². The van der Waals surface area contributed by atoms with Gasteiger partial charge in [-0.2, -0.15) is 0 Å². The van der Waals surface area contributed by atoms with Crippen LogP contribution >= 0.6 is 18.6 Å². The maximum atomic E-state index is 16.3. The molecular formula is C54H44AgN6O7PS2. The normalized spacial score (nSPS) is 15.9. The number of likely N-dealkylation sites (tertiary alicyclic amines) is 1. The number of nitro benzene ring substituents is 1. The van der Waals surface area contributed by atoms with E-state index in [1.807, 2.05) is 182 Å². The summed E-state index contributed by atoms with van der Waals surface area (Å²) in [4.78, 5) is 58.2. The number of ether oxygens (including phenoxy) is 2. The number of β-lactam (4-membered cyclic amide) rings is 1. The molecule has 9 rings (SSSR count). The third-order valence-corrected chi connectivity index (χ3v) is 18.9. The second-order valence-electron chi connectivity index (χ2n) is 16.4. The van der Waals surface area contributed by atoms with E-state index in [4.69, 9.17) is 22.1 Å². The smallest absolute Gasteiger partial charge is 0.752 e. The van der Waals surface area contributed by atoms with Gasteiger partial charge in [-0.15, -0.1) is 16.9 Å². The van der Waals surface area contributed by atoms with Gasteiger partial charge >= 0.3 is 34.3 Å². The molecule has 17 heteroatoms. The Morgan fingerprint density at radius 1 is 0.732 bits per heavy atom. The molecule has 0 N–H and O–H groups in total. The monoisotopic (exact) mass is 1090 g/mol. The summed E-state index contributed by atoms with van der Waals surface area (Å²) in [6, 6.07) is 63.6. The summed E-state index contributed by atoms with van der Waals surface area (Å²) in [5.74, 6) is -3.56. The van der Waals surface area contributed by atoms with Gasteiger partial charge in [0.2, 0.25) is 5.91 Å². The van der Waals surface area contributed by atoms with E-state index in [0.717, 1.165) is 16.7 Å². The molecule has 13 nitrogen and oxygen atoms in total. The van der Waals surface area contributed by atoms with Gasteiger partial charge in [0.25, 0.3) is 5.69 Å². The molecule has 0 radical (unpaired) electrons. The Morgan fingerprint density at radius 2 is 1.15 bits per heavy atom. The van der Waals surface area contributed by atoms with Crippen LogP contribution in [0.1, 0.15) is 41.1 Å². The van der Waals surface area contributed by atoms with Gasteiger partial charge in [0, 0.05) is 33.0 Å². The number of carbonyl (C=O) groups is 3. The Hall–Kier alpha value is -6.84. The molecule has 7 aromatic carbocycles. The third-order valence-electron chi connectivity index (χ3n) is 12.2. The van der Waals surface area contributed by atoms with Crippen molar-refractivity contribution in [2.75, 3.05) is 0 Å². The molecule has 0 bridgehead atoms. The largest absolute Gasteiger partial charge is 1.00 e. The molecule has 1 aliphatic heterocycles. The van der Waals surface area contributed by atoms with Crippen molar-refractivity contribution in [2.24, 2.45) is 13.0 Å². The number of non-ortho nitro benzene ring substituents is 1. The van der Waals surface area contributed by atoms with Gasteiger partial charge in [-0.25, -0.2) is 9.48 Å². The predicted molar refractivity (Wildman–Crippen MR) is 274 cm³/mol. The van der Waals surface area contributed by atoms with E-state index in [1.165, 1.54) is 52.5 Å². The fourth-order valence-corrected chi connectivity index (χ4v) is 16.2. The Kier molecular flexibility index (Phi) is 15.4. The first-order valence-electron chi connectivity index (χ1n) is 22.1. The first-order valence-corrected chi connectivity index (χ1v) is 25.2. The van der Waals surface area contributed by atoms with Gasteiger partial charge < -0.3 is 27.0 Å². The van der Waals surface area contributed by atoms with Crippen LogP contribution in [0.4, 0.5) is 5.69 Å². The van der Waals surface area contributed by atoms with Crippen molar-refractivity contribution < 1.29 is 51.2 Å². The van der Waals surface area contributed by atoms with E-state index in [-0.39, 0.29) is 45.9 Å². The molecule has 3 atom stereocenters. The van der Waals surface area contributed by atoms with Gasteiger partial charge in [0.15, 0.2) is 11.9 Å². The minimum absolute atomic E-state index is 0. The third kappa shape index (κ3) is 9.44. The van der Waals surface area contributed by atoms with E-state index < -0.39 is 50.6 Å². The molecule has 2 heterocycles. The maximum Gasteiger partial charge on any atom is 1.00 e. The number of carbonyl (C=O) groups excluding carboxylic acids is 3. The van der Waals surface area contributed by atoms with Crippen LogP contribution in [0.5, 0.6) is 0 Å². The number of benzene rings is 7. The Bertz CT molecular complexity index is 3020. The van der Waals surface area contributed by atoms with Crippen molar-refractivity contribution in [1.82, 2.24) is 25.1 Å². The maximum absolute atomic E-state index is 16.3. The van der Waals surface area contributed by atoms with Gasteiger partial charge in [-0.1, -0.05) is 182 Å². The zero-order chi connectivity index (χ0) is 48.9. The summed E-state index contributed by atoms with van der Waals surface area (Å²) >= 11 is 8.46. The van der Waals surface area contributed by atoms with Crippen molar-refractivity contribution in [1.29, 1.82) is 0 Å². The van der Waals surface area contributed by atoms with Crippen LogP contribution in [-0.2, 0) is 77.3 Å². The van der Waals surface area contributed by atoms with E-state index in [0.29, 0.717) is 21.5 Å². The molecule has 71 heavy (non-hydrogen) atoms. The minimum Gasteiger partial charge on any atom is -0.752 e. The molecule has 360 valence electrons. The van der Waals surface area contributed by atoms with Crippen molar-refractivity contribution >= 4 is 76.1 Å². The molecular weight excluding hydrogens is 1050 g/mol. The van der Waals surface area contributed by atoms with Gasteiger partial charge in [-0.05, 0) is 64.9 Å². The Morgan fingerprint density at radius 3 is 1.54 bits per heavy atom. The first-order chi connectivity index (χ1) is 34.0. The summed E-state index contributed by atoms with van der Waals surface area (Å²) in [6.45, 7) is -2.69. The standard InChI is InChI=1S/C54H45N6O7PS2.Ag/c1-38(61)67-48(49-55-56-57-58(49)2)47-50(62)59(54(47,69)70-53(40-21-9-3-10-22-40,41-23-11-4-12-24-41)42-25-13-5-14-26-42)51(52(63)66-37-39-33-35-43(36-34-39)60(64)65)68(44-27-15-6-16-28-44,45-29-17-7-18-30-45)46-31-19-8-20-32-46;/h3-36,47-48,69H,37H2,1-2H3;/q;+1/p-1. The van der Waals surface area contributed by atoms with E-state index >= 15 is 9.59 Å². The number of aryl methyl sites for hydroxylation is 1. The number of aromatic nitrogens is 4. The van der Waals surface area contributed by atoms with Crippen LogP contribution < -0.4 is 15.9 Å². The molecule has 0 spiro atoms. The van der Waals surface area contributed by atoms with Crippen LogP contribution in [-0.4, -0.2) is 57.5 Å². The van der Waals surface area contributed by atoms with Crippen LogP contribution in [0.25, 0.3) is 0 Å².